The van der Waals surface area contributed by atoms with Gasteiger partial charge in [-0.25, -0.2) is 0 Å². The van der Waals surface area contributed by atoms with E-state index in [0.29, 0.717) is 0 Å². The van der Waals surface area contributed by atoms with Crippen LogP contribution in [0.5, 0.6) is 0 Å². The van der Waals surface area contributed by atoms with Crippen LogP contribution in [0.15, 0.2) is 0 Å². The molecule has 0 spiro atoms. The van der Waals surface area contributed by atoms with Gasteiger partial charge in [-0.2, -0.15) is 17.9 Å². The van der Waals surface area contributed by atoms with Crippen LogP contribution < -0.4 is 9.44 Å². The summed E-state index contributed by atoms with van der Waals surface area (Å²) in [4.78, 5) is 10.5. The van der Waals surface area contributed by atoms with Crippen LogP contribution in [0, 0.1) is 0 Å². The highest BCUT2D eigenvalue weighted by atomic mass is 32.2. The van der Waals surface area contributed by atoms with Crippen LogP contribution in [0.3, 0.4) is 0 Å². The normalized spacial score (nSPS) is 14.9. The summed E-state index contributed by atoms with van der Waals surface area (Å²) < 4.78 is 26.7. The summed E-state index contributed by atoms with van der Waals surface area (Å²) in [6.07, 6.45) is 0. The average Bonchev–Trinajstić information content (AvgIpc) is 1.94. The quantitative estimate of drug-likeness (QED) is 0.474. The first kappa shape index (κ1) is 14.3. The molecule has 0 rings (SSSR count). The molecule has 0 fully saturated rings. The molecule has 0 aromatic rings. The van der Waals surface area contributed by atoms with Gasteiger partial charge in [0.15, 0.2) is 0 Å². The molecule has 0 aliphatic carbocycles. The lowest BCUT2D eigenvalue weighted by molar-refractivity contribution is -0.139. The minimum absolute atomic E-state index is 0.718. The lowest BCUT2D eigenvalue weighted by Crippen LogP contribution is -2.52. The fourth-order valence-corrected chi connectivity index (χ4v) is 2.20. The molecule has 0 saturated heterocycles. The van der Waals surface area contributed by atoms with Crippen LogP contribution in [0.1, 0.15) is 20.8 Å². The highest BCUT2D eigenvalue weighted by Gasteiger charge is 2.26. The Labute approximate surface area is 88.7 Å². The van der Waals surface area contributed by atoms with Gasteiger partial charge in [0, 0.05) is 5.54 Å². The van der Waals surface area contributed by atoms with E-state index in [-0.39, 0.29) is 0 Å². The second-order valence-electron chi connectivity index (χ2n) is 4.05. The molecule has 0 saturated carbocycles. The zero-order chi connectivity index (χ0) is 12.3. The molecule has 15 heavy (non-hydrogen) atoms. The predicted octanol–water partition coefficient (Wildman–Crippen LogP) is -1.35. The zero-order valence-corrected chi connectivity index (χ0v) is 9.63. The van der Waals surface area contributed by atoms with Crippen LogP contribution >= 0.6 is 0 Å². The largest absolute Gasteiger partial charge is 0.480 e. The van der Waals surface area contributed by atoms with Crippen molar-refractivity contribution >= 4 is 16.2 Å². The van der Waals surface area contributed by atoms with Crippen LogP contribution in [-0.2, 0) is 15.0 Å². The fourth-order valence-electron chi connectivity index (χ4n) is 0.786. The monoisotopic (exact) mass is 240 g/mol. The minimum Gasteiger partial charge on any atom is -0.480 e. The first-order chi connectivity index (χ1) is 6.57. The summed E-state index contributed by atoms with van der Waals surface area (Å²) in [5.41, 5.74) is -0.718. The Bertz CT molecular complexity index is 319. The van der Waals surface area contributed by atoms with Gasteiger partial charge in [0.05, 0.1) is 6.61 Å². The van der Waals surface area contributed by atoms with Crippen molar-refractivity contribution in [2.75, 3.05) is 6.61 Å². The molecule has 0 amide bonds. The number of aliphatic hydroxyl groups excluding tert-OH is 1. The minimum atomic E-state index is -3.94. The van der Waals surface area contributed by atoms with Crippen molar-refractivity contribution in [2.24, 2.45) is 0 Å². The second kappa shape index (κ2) is 4.88. The van der Waals surface area contributed by atoms with Crippen molar-refractivity contribution in [3.8, 4) is 0 Å². The van der Waals surface area contributed by atoms with E-state index in [4.69, 9.17) is 10.2 Å². The van der Waals surface area contributed by atoms with Gasteiger partial charge in [-0.05, 0) is 20.8 Å². The van der Waals surface area contributed by atoms with E-state index in [2.05, 4.69) is 4.72 Å². The van der Waals surface area contributed by atoms with Gasteiger partial charge < -0.3 is 10.2 Å². The van der Waals surface area contributed by atoms with E-state index in [1.807, 2.05) is 4.72 Å². The van der Waals surface area contributed by atoms with Crippen molar-refractivity contribution in [3.63, 3.8) is 0 Å². The molecule has 0 unspecified atom stereocenters. The molecule has 0 aliphatic heterocycles. The summed E-state index contributed by atoms with van der Waals surface area (Å²) in [5.74, 6) is -1.43. The summed E-state index contributed by atoms with van der Waals surface area (Å²) in [7, 11) is -3.94. The molecule has 0 aromatic carbocycles. The first-order valence-corrected chi connectivity index (χ1v) is 5.70. The number of rotatable bonds is 5. The number of carboxylic acid groups (broad SMARTS) is 1. The number of carbonyl (C=O) groups is 1. The van der Waals surface area contributed by atoms with Crippen molar-refractivity contribution in [3.05, 3.63) is 0 Å². The maximum atomic E-state index is 11.3. The Balaban J connectivity index is 4.57. The molecule has 0 aromatic heterocycles. The van der Waals surface area contributed by atoms with Gasteiger partial charge >= 0.3 is 5.97 Å². The average molecular weight is 240 g/mol. The van der Waals surface area contributed by atoms with Gasteiger partial charge in [-0.1, -0.05) is 0 Å². The lowest BCUT2D eigenvalue weighted by atomic mass is 10.1. The Kier molecular flexibility index (Phi) is 4.65. The Morgan fingerprint density at radius 1 is 1.40 bits per heavy atom. The van der Waals surface area contributed by atoms with Crippen LogP contribution in [0.2, 0.25) is 0 Å². The Hall–Kier alpha value is -0.700. The third kappa shape index (κ3) is 6.39. The smallest absolute Gasteiger partial charge is 0.324 e. The molecule has 90 valence electrons. The summed E-state index contributed by atoms with van der Waals surface area (Å²) in [6.45, 7) is 4.03. The first-order valence-electron chi connectivity index (χ1n) is 4.22. The van der Waals surface area contributed by atoms with Crippen molar-refractivity contribution in [1.82, 2.24) is 9.44 Å². The molecule has 1 atom stereocenters. The predicted molar refractivity (Wildman–Crippen MR) is 53.5 cm³/mol. The summed E-state index contributed by atoms with van der Waals surface area (Å²) in [6, 6.07) is -1.54. The number of hydrogen-bond donors (Lipinski definition) is 4. The third-order valence-corrected chi connectivity index (χ3v) is 2.69. The molecular weight excluding hydrogens is 224 g/mol. The van der Waals surface area contributed by atoms with E-state index < -0.39 is 34.4 Å². The molecule has 7 nitrogen and oxygen atoms in total. The Morgan fingerprint density at radius 3 is 2.13 bits per heavy atom. The topological polar surface area (TPSA) is 116 Å². The maximum absolute atomic E-state index is 11.3. The van der Waals surface area contributed by atoms with E-state index >= 15 is 0 Å². The van der Waals surface area contributed by atoms with Gasteiger partial charge in [0.25, 0.3) is 10.2 Å². The number of hydrogen-bond acceptors (Lipinski definition) is 4. The second-order valence-corrected chi connectivity index (χ2v) is 5.49. The molecule has 4 N–H and O–H groups in total. The number of nitrogens with one attached hydrogen (secondary N) is 2. The molecular formula is C7H16N2O5S. The van der Waals surface area contributed by atoms with Crippen molar-refractivity contribution in [2.45, 2.75) is 32.4 Å². The van der Waals surface area contributed by atoms with Crippen LogP contribution in [0.4, 0.5) is 0 Å². The number of aliphatic hydroxyl groups is 1. The Morgan fingerprint density at radius 2 is 1.87 bits per heavy atom. The standard InChI is InChI=1S/C7H16N2O5S/c1-7(2,3)9-15(13,14)8-5(4-10)6(11)12/h5,8-10H,4H2,1-3H3,(H,11,12)/t5-/m0/s1. The van der Waals surface area contributed by atoms with Crippen molar-refractivity contribution in [1.29, 1.82) is 0 Å². The fraction of sp³-hybridized carbons (Fsp3) is 0.857. The molecule has 0 bridgehead atoms. The maximum Gasteiger partial charge on any atom is 0.324 e. The van der Waals surface area contributed by atoms with Crippen LogP contribution in [-0.4, -0.2) is 42.8 Å². The number of aliphatic carboxylic acids is 1. The zero-order valence-electron chi connectivity index (χ0n) is 8.81. The van der Waals surface area contributed by atoms with Gasteiger partial charge in [-0.3, -0.25) is 4.79 Å². The van der Waals surface area contributed by atoms with E-state index in [1.165, 1.54) is 0 Å². The highest BCUT2D eigenvalue weighted by Crippen LogP contribution is 2.01. The van der Waals surface area contributed by atoms with Crippen molar-refractivity contribution < 1.29 is 23.4 Å². The van der Waals surface area contributed by atoms with Crippen LogP contribution in [0.25, 0.3) is 0 Å². The third-order valence-electron chi connectivity index (χ3n) is 1.22. The van der Waals surface area contributed by atoms with Gasteiger partial charge in [-0.15, -0.1) is 0 Å². The highest BCUT2D eigenvalue weighted by molar-refractivity contribution is 7.87. The summed E-state index contributed by atoms with van der Waals surface area (Å²) >= 11 is 0. The lowest BCUT2D eigenvalue weighted by Gasteiger charge is -2.22. The number of carboxylic acids is 1. The van der Waals surface area contributed by atoms with Gasteiger partial charge in [0.1, 0.15) is 6.04 Å². The molecule has 0 heterocycles. The molecule has 8 heteroatoms. The van der Waals surface area contributed by atoms with E-state index in [0.717, 1.165) is 0 Å². The molecule has 0 aliphatic rings. The van der Waals surface area contributed by atoms with E-state index in [9.17, 15) is 13.2 Å². The molecule has 0 radical (unpaired) electrons. The van der Waals surface area contributed by atoms with E-state index in [1.54, 1.807) is 20.8 Å². The summed E-state index contributed by atoms with van der Waals surface area (Å²) in [5, 5.41) is 17.1. The SMILES string of the molecule is CC(C)(C)NS(=O)(=O)N[C@@H](CO)C(=O)O. The van der Waals surface area contributed by atoms with Gasteiger partial charge in [0.2, 0.25) is 0 Å².